The molecule has 1 aromatic rings. The lowest BCUT2D eigenvalue weighted by atomic mass is 10.2. The Morgan fingerprint density at radius 2 is 1.53 bits per heavy atom. The number of benzene rings is 1. The van der Waals surface area contributed by atoms with Crippen LogP contribution >= 0.6 is 0 Å². The average molecular weight is 209 g/mol. The zero-order valence-electron chi connectivity index (χ0n) is 10.5. The third-order valence-corrected chi connectivity index (χ3v) is 1.37. The van der Waals surface area contributed by atoms with Crippen LogP contribution in [-0.2, 0) is 0 Å². The van der Waals surface area contributed by atoms with E-state index in [0.717, 1.165) is 0 Å². The van der Waals surface area contributed by atoms with E-state index in [1.54, 1.807) is 12.1 Å². The Kier molecular flexibility index (Phi) is 13.6. The first-order valence-electron chi connectivity index (χ1n) is 5.68. The van der Waals surface area contributed by atoms with Crippen molar-refractivity contribution >= 4 is 5.91 Å². The van der Waals surface area contributed by atoms with E-state index in [9.17, 15) is 4.79 Å². The number of carbonyl (C=O) groups excluding carboxylic acids is 1. The van der Waals surface area contributed by atoms with Crippen LogP contribution in [0, 0.1) is 0 Å². The summed E-state index contributed by atoms with van der Waals surface area (Å²) in [6.45, 7) is 10.6. The van der Waals surface area contributed by atoms with Gasteiger partial charge in [0.15, 0.2) is 0 Å². The minimum atomic E-state index is -0.00639. The van der Waals surface area contributed by atoms with Crippen LogP contribution in [0.25, 0.3) is 0 Å². The standard InChI is InChI=1S/C9H11NO.2C2H6/c1-2-10-9(11)8-6-4-3-5-7-8;2*1-2/h3-7H,2H2,1H3,(H,10,11);2*1-2H3. The lowest BCUT2D eigenvalue weighted by Gasteiger charge is -1.99. The number of carbonyl (C=O) groups is 1. The predicted octanol–water partition coefficient (Wildman–Crippen LogP) is 3.49. The van der Waals surface area contributed by atoms with Crippen molar-refractivity contribution in [3.8, 4) is 0 Å². The Labute approximate surface area is 93.7 Å². The fraction of sp³-hybridized carbons (Fsp3) is 0.462. The zero-order valence-corrected chi connectivity index (χ0v) is 10.5. The van der Waals surface area contributed by atoms with Crippen molar-refractivity contribution in [2.24, 2.45) is 0 Å². The lowest BCUT2D eigenvalue weighted by molar-refractivity contribution is 0.0956. The summed E-state index contributed by atoms with van der Waals surface area (Å²) >= 11 is 0. The zero-order chi connectivity index (χ0) is 12.1. The molecule has 86 valence electrons. The molecule has 0 saturated carbocycles. The number of amides is 1. The van der Waals surface area contributed by atoms with Crippen molar-refractivity contribution in [2.45, 2.75) is 34.6 Å². The molecule has 0 bridgehead atoms. The van der Waals surface area contributed by atoms with Crippen LogP contribution in [0.3, 0.4) is 0 Å². The van der Waals surface area contributed by atoms with Gasteiger partial charge in [-0.15, -0.1) is 0 Å². The van der Waals surface area contributed by atoms with Gasteiger partial charge in [0.1, 0.15) is 0 Å². The molecule has 0 fully saturated rings. The molecule has 0 spiro atoms. The predicted molar refractivity (Wildman–Crippen MR) is 67.1 cm³/mol. The topological polar surface area (TPSA) is 29.1 Å². The van der Waals surface area contributed by atoms with Gasteiger partial charge in [-0.2, -0.15) is 0 Å². The van der Waals surface area contributed by atoms with Gasteiger partial charge in [-0.25, -0.2) is 0 Å². The summed E-state index contributed by atoms with van der Waals surface area (Å²) in [7, 11) is 0. The summed E-state index contributed by atoms with van der Waals surface area (Å²) in [4.78, 5) is 11.1. The molecule has 0 radical (unpaired) electrons. The molecular weight excluding hydrogens is 186 g/mol. The Balaban J connectivity index is 0. The number of nitrogens with one attached hydrogen (secondary N) is 1. The quantitative estimate of drug-likeness (QED) is 0.793. The summed E-state index contributed by atoms with van der Waals surface area (Å²) in [6, 6.07) is 9.19. The van der Waals surface area contributed by atoms with Gasteiger partial charge in [0, 0.05) is 12.1 Å². The molecule has 2 heteroatoms. The van der Waals surface area contributed by atoms with Crippen LogP contribution in [0.5, 0.6) is 0 Å². The Morgan fingerprint density at radius 3 is 1.93 bits per heavy atom. The van der Waals surface area contributed by atoms with Crippen molar-refractivity contribution < 1.29 is 4.79 Å². The fourth-order valence-corrected chi connectivity index (χ4v) is 0.852. The molecule has 0 aromatic heterocycles. The molecule has 1 aromatic carbocycles. The van der Waals surface area contributed by atoms with Crippen molar-refractivity contribution in [1.82, 2.24) is 5.32 Å². The maximum atomic E-state index is 11.1. The minimum absolute atomic E-state index is 0.00639. The van der Waals surface area contributed by atoms with Crippen LogP contribution in [0.1, 0.15) is 45.0 Å². The molecule has 15 heavy (non-hydrogen) atoms. The van der Waals surface area contributed by atoms with Crippen LogP contribution in [0.2, 0.25) is 0 Å². The van der Waals surface area contributed by atoms with Crippen molar-refractivity contribution in [2.75, 3.05) is 6.54 Å². The molecule has 0 aliphatic rings. The van der Waals surface area contributed by atoms with Crippen molar-refractivity contribution in [3.05, 3.63) is 35.9 Å². The third-order valence-electron chi connectivity index (χ3n) is 1.37. The monoisotopic (exact) mass is 209 g/mol. The van der Waals surface area contributed by atoms with Gasteiger partial charge in [0.2, 0.25) is 0 Å². The maximum Gasteiger partial charge on any atom is 0.251 e. The van der Waals surface area contributed by atoms with Crippen molar-refractivity contribution in [1.29, 1.82) is 0 Å². The number of hydrogen-bond donors (Lipinski definition) is 1. The van der Waals surface area contributed by atoms with Gasteiger partial charge < -0.3 is 5.32 Å². The van der Waals surface area contributed by atoms with Gasteiger partial charge in [0.05, 0.1) is 0 Å². The molecule has 2 nitrogen and oxygen atoms in total. The minimum Gasteiger partial charge on any atom is -0.352 e. The van der Waals surface area contributed by atoms with E-state index in [1.165, 1.54) is 0 Å². The van der Waals surface area contributed by atoms with E-state index in [0.29, 0.717) is 12.1 Å². The van der Waals surface area contributed by atoms with E-state index in [2.05, 4.69) is 5.32 Å². The summed E-state index contributed by atoms with van der Waals surface area (Å²) in [5, 5.41) is 2.72. The van der Waals surface area contributed by atoms with E-state index in [4.69, 9.17) is 0 Å². The van der Waals surface area contributed by atoms with Gasteiger partial charge in [-0.05, 0) is 19.1 Å². The Hall–Kier alpha value is -1.31. The molecule has 0 aliphatic carbocycles. The Bertz CT molecular complexity index is 232. The largest absolute Gasteiger partial charge is 0.352 e. The highest BCUT2D eigenvalue weighted by Gasteiger charge is 1.99. The smallest absolute Gasteiger partial charge is 0.251 e. The van der Waals surface area contributed by atoms with Crippen LogP contribution in [0.15, 0.2) is 30.3 Å². The molecule has 0 heterocycles. The number of rotatable bonds is 2. The van der Waals surface area contributed by atoms with E-state index < -0.39 is 0 Å². The molecule has 0 atom stereocenters. The van der Waals surface area contributed by atoms with E-state index >= 15 is 0 Å². The molecule has 0 unspecified atom stereocenters. The second-order valence-corrected chi connectivity index (χ2v) is 2.23. The van der Waals surface area contributed by atoms with Crippen LogP contribution in [0.4, 0.5) is 0 Å². The molecule has 1 rings (SSSR count). The second-order valence-electron chi connectivity index (χ2n) is 2.23. The fourth-order valence-electron chi connectivity index (χ4n) is 0.852. The van der Waals surface area contributed by atoms with Gasteiger partial charge in [0.25, 0.3) is 5.91 Å². The van der Waals surface area contributed by atoms with Crippen molar-refractivity contribution in [3.63, 3.8) is 0 Å². The highest BCUT2D eigenvalue weighted by Crippen LogP contribution is 1.96. The molecule has 1 N–H and O–H groups in total. The van der Waals surface area contributed by atoms with Gasteiger partial charge in [-0.1, -0.05) is 45.9 Å². The van der Waals surface area contributed by atoms with Gasteiger partial charge in [-0.3, -0.25) is 4.79 Å². The Morgan fingerprint density at radius 1 is 1.07 bits per heavy atom. The number of hydrogen-bond acceptors (Lipinski definition) is 1. The molecular formula is C13H23NO. The van der Waals surface area contributed by atoms with Crippen LogP contribution < -0.4 is 5.32 Å². The first-order valence-corrected chi connectivity index (χ1v) is 5.68. The highest BCUT2D eigenvalue weighted by molar-refractivity contribution is 5.93. The first kappa shape index (κ1) is 16.1. The molecule has 0 saturated heterocycles. The summed E-state index contributed by atoms with van der Waals surface area (Å²) in [6.07, 6.45) is 0. The summed E-state index contributed by atoms with van der Waals surface area (Å²) in [5.41, 5.74) is 0.717. The maximum absolute atomic E-state index is 11.1. The second kappa shape index (κ2) is 12.7. The normalized spacial score (nSPS) is 7.53. The summed E-state index contributed by atoms with van der Waals surface area (Å²) in [5.74, 6) is -0.00639. The van der Waals surface area contributed by atoms with Crippen LogP contribution in [-0.4, -0.2) is 12.5 Å². The molecule has 0 aliphatic heterocycles. The average Bonchev–Trinajstić information content (AvgIpc) is 2.36. The van der Waals surface area contributed by atoms with E-state index in [1.807, 2.05) is 52.8 Å². The summed E-state index contributed by atoms with van der Waals surface area (Å²) < 4.78 is 0. The first-order chi connectivity index (χ1) is 7.34. The van der Waals surface area contributed by atoms with Gasteiger partial charge >= 0.3 is 0 Å². The third kappa shape index (κ3) is 7.74. The van der Waals surface area contributed by atoms with E-state index in [-0.39, 0.29) is 5.91 Å². The molecule has 1 amide bonds. The SMILES string of the molecule is CC.CC.CCNC(=O)c1ccccc1. The lowest BCUT2D eigenvalue weighted by Crippen LogP contribution is -2.22. The highest BCUT2D eigenvalue weighted by atomic mass is 16.1.